The normalized spacial score (nSPS) is 14.8. The van der Waals surface area contributed by atoms with Crippen LogP contribution >= 0.6 is 0 Å². The quantitative estimate of drug-likeness (QED) is 0.922. The summed E-state index contributed by atoms with van der Waals surface area (Å²) in [6.07, 6.45) is -0.504. The molecule has 0 unspecified atom stereocenters. The second-order valence-electron chi connectivity index (χ2n) is 4.88. The van der Waals surface area contributed by atoms with Crippen molar-refractivity contribution in [3.05, 3.63) is 52.9 Å². The van der Waals surface area contributed by atoms with E-state index in [-0.39, 0.29) is 24.4 Å². The molecule has 21 heavy (non-hydrogen) atoms. The Balaban J connectivity index is 2.02. The molecule has 110 valence electrons. The van der Waals surface area contributed by atoms with E-state index >= 15 is 0 Å². The highest BCUT2D eigenvalue weighted by Gasteiger charge is 2.37. The molecule has 1 aliphatic heterocycles. The highest BCUT2D eigenvalue weighted by molar-refractivity contribution is 5.31. The van der Waals surface area contributed by atoms with Gasteiger partial charge in [0, 0.05) is 43.9 Å². The topological polar surface area (TPSA) is 50.7 Å². The van der Waals surface area contributed by atoms with Gasteiger partial charge >= 0.3 is 6.18 Å². The van der Waals surface area contributed by atoms with Crippen LogP contribution in [0.4, 0.5) is 13.2 Å². The van der Waals surface area contributed by atoms with Gasteiger partial charge in [-0.05, 0) is 11.6 Å². The van der Waals surface area contributed by atoms with Gasteiger partial charge in [0.15, 0.2) is 5.69 Å². The van der Waals surface area contributed by atoms with Crippen LogP contribution in [0.1, 0.15) is 28.3 Å². The fourth-order valence-electron chi connectivity index (χ4n) is 2.39. The summed E-state index contributed by atoms with van der Waals surface area (Å²) in [5.41, 5.74) is 0.636. The van der Waals surface area contributed by atoms with Crippen LogP contribution in [0.2, 0.25) is 0 Å². The summed E-state index contributed by atoms with van der Waals surface area (Å²) in [5.74, 6) is 0.191. The highest BCUT2D eigenvalue weighted by atomic mass is 19.4. The molecule has 2 aromatic rings. The van der Waals surface area contributed by atoms with Gasteiger partial charge in [0.05, 0.1) is 5.69 Å². The SMILES string of the molecule is FC(F)(F)c1nc(Cc2cccnc2)nc2c1CNCC2. The molecular weight excluding hydrogens is 281 g/mol. The second-order valence-corrected chi connectivity index (χ2v) is 4.88. The fourth-order valence-corrected chi connectivity index (χ4v) is 2.39. The Bertz CT molecular complexity index is 641. The number of rotatable bonds is 2. The van der Waals surface area contributed by atoms with Crippen LogP contribution in [-0.2, 0) is 25.6 Å². The highest BCUT2D eigenvalue weighted by Crippen LogP contribution is 2.32. The van der Waals surface area contributed by atoms with Crippen molar-refractivity contribution in [1.29, 1.82) is 0 Å². The van der Waals surface area contributed by atoms with E-state index < -0.39 is 11.9 Å². The zero-order valence-corrected chi connectivity index (χ0v) is 11.1. The van der Waals surface area contributed by atoms with Crippen molar-refractivity contribution in [3.8, 4) is 0 Å². The van der Waals surface area contributed by atoms with Gasteiger partial charge in [0.25, 0.3) is 0 Å². The van der Waals surface area contributed by atoms with Crippen LogP contribution < -0.4 is 5.32 Å². The molecule has 0 radical (unpaired) electrons. The summed E-state index contributed by atoms with van der Waals surface area (Å²) in [6, 6.07) is 3.53. The third-order valence-corrected chi connectivity index (χ3v) is 3.33. The minimum atomic E-state index is -4.46. The maximum absolute atomic E-state index is 13.2. The van der Waals surface area contributed by atoms with Gasteiger partial charge in [0.1, 0.15) is 5.82 Å². The van der Waals surface area contributed by atoms with Crippen LogP contribution in [0, 0.1) is 0 Å². The number of aromatic nitrogens is 3. The summed E-state index contributed by atoms with van der Waals surface area (Å²) in [7, 11) is 0. The Morgan fingerprint density at radius 1 is 1.24 bits per heavy atom. The first-order chi connectivity index (χ1) is 10.0. The molecule has 0 aliphatic carbocycles. The maximum atomic E-state index is 13.2. The molecule has 7 heteroatoms. The fraction of sp³-hybridized carbons (Fsp3) is 0.357. The summed E-state index contributed by atoms with van der Waals surface area (Å²) >= 11 is 0. The van der Waals surface area contributed by atoms with Crippen LogP contribution in [0.3, 0.4) is 0 Å². The predicted octanol–water partition coefficient (Wildman–Crippen LogP) is 2.13. The molecule has 0 amide bonds. The summed E-state index contributed by atoms with van der Waals surface area (Å²) < 4.78 is 39.5. The Hall–Kier alpha value is -2.02. The van der Waals surface area contributed by atoms with Crippen LogP contribution in [0.25, 0.3) is 0 Å². The number of hydrogen-bond donors (Lipinski definition) is 1. The number of halogens is 3. The molecule has 3 heterocycles. The number of alkyl halides is 3. The maximum Gasteiger partial charge on any atom is 0.433 e. The Morgan fingerprint density at radius 3 is 2.81 bits per heavy atom. The summed E-state index contributed by atoms with van der Waals surface area (Å²) in [4.78, 5) is 12.0. The zero-order valence-electron chi connectivity index (χ0n) is 11.1. The van der Waals surface area contributed by atoms with Crippen molar-refractivity contribution in [1.82, 2.24) is 20.3 Å². The van der Waals surface area contributed by atoms with Crippen LogP contribution in [-0.4, -0.2) is 21.5 Å². The third-order valence-electron chi connectivity index (χ3n) is 3.33. The molecule has 3 rings (SSSR count). The first-order valence-corrected chi connectivity index (χ1v) is 6.59. The van der Waals surface area contributed by atoms with E-state index in [0.29, 0.717) is 18.7 Å². The largest absolute Gasteiger partial charge is 0.433 e. The summed E-state index contributed by atoms with van der Waals surface area (Å²) in [5, 5.41) is 2.93. The van der Waals surface area contributed by atoms with Crippen LogP contribution in [0.5, 0.6) is 0 Å². The molecule has 4 nitrogen and oxygen atoms in total. The summed E-state index contributed by atoms with van der Waals surface area (Å²) in [6.45, 7) is 0.797. The molecule has 0 saturated carbocycles. The lowest BCUT2D eigenvalue weighted by Crippen LogP contribution is -2.29. The monoisotopic (exact) mass is 294 g/mol. The van der Waals surface area contributed by atoms with Crippen molar-refractivity contribution >= 4 is 0 Å². The zero-order chi connectivity index (χ0) is 14.9. The average Bonchev–Trinajstić information content (AvgIpc) is 2.46. The van der Waals surface area contributed by atoms with Crippen molar-refractivity contribution in [2.75, 3.05) is 6.54 Å². The minimum Gasteiger partial charge on any atom is -0.312 e. The minimum absolute atomic E-state index is 0.164. The number of nitrogens with zero attached hydrogens (tertiary/aromatic N) is 3. The first-order valence-electron chi connectivity index (χ1n) is 6.59. The van der Waals surface area contributed by atoms with E-state index in [4.69, 9.17) is 0 Å². The molecule has 0 saturated heterocycles. The first kappa shape index (κ1) is 13.9. The molecule has 0 fully saturated rings. The van der Waals surface area contributed by atoms with Crippen molar-refractivity contribution in [2.45, 2.75) is 25.6 Å². The van der Waals surface area contributed by atoms with E-state index in [1.54, 1.807) is 24.5 Å². The second kappa shape index (κ2) is 5.40. The molecule has 0 atom stereocenters. The Kier molecular flexibility index (Phi) is 3.59. The average molecular weight is 294 g/mol. The van der Waals surface area contributed by atoms with E-state index in [9.17, 15) is 13.2 Å². The van der Waals surface area contributed by atoms with Gasteiger partial charge in [-0.15, -0.1) is 0 Å². The molecule has 0 spiro atoms. The standard InChI is InChI=1S/C14H13F3N4/c15-14(16,17)13-10-8-19-5-3-11(10)20-12(21-13)6-9-2-1-4-18-7-9/h1-2,4,7,19H,3,5-6,8H2. The number of hydrogen-bond acceptors (Lipinski definition) is 4. The van der Waals surface area contributed by atoms with E-state index in [1.807, 2.05) is 0 Å². The Labute approximate surface area is 119 Å². The lowest BCUT2D eigenvalue weighted by atomic mass is 10.0. The number of pyridine rings is 1. The predicted molar refractivity (Wildman–Crippen MR) is 69.5 cm³/mol. The van der Waals surface area contributed by atoms with Crippen molar-refractivity contribution in [3.63, 3.8) is 0 Å². The van der Waals surface area contributed by atoms with Gasteiger partial charge in [-0.3, -0.25) is 4.98 Å². The van der Waals surface area contributed by atoms with Gasteiger partial charge in [-0.25, -0.2) is 9.97 Å². The van der Waals surface area contributed by atoms with Gasteiger partial charge in [-0.2, -0.15) is 13.2 Å². The lowest BCUT2D eigenvalue weighted by molar-refractivity contribution is -0.142. The molecule has 0 bridgehead atoms. The van der Waals surface area contributed by atoms with Crippen LogP contribution in [0.15, 0.2) is 24.5 Å². The van der Waals surface area contributed by atoms with Gasteiger partial charge in [0.2, 0.25) is 0 Å². The van der Waals surface area contributed by atoms with Gasteiger partial charge in [-0.1, -0.05) is 6.07 Å². The molecule has 1 aliphatic rings. The Morgan fingerprint density at radius 2 is 2.10 bits per heavy atom. The number of nitrogens with one attached hydrogen (secondary N) is 1. The molecule has 1 N–H and O–H groups in total. The lowest BCUT2D eigenvalue weighted by Gasteiger charge is -2.21. The third kappa shape index (κ3) is 3.02. The number of fused-ring (bicyclic) bond motifs is 1. The smallest absolute Gasteiger partial charge is 0.312 e. The van der Waals surface area contributed by atoms with E-state index in [0.717, 1.165) is 5.56 Å². The molecule has 2 aromatic heterocycles. The van der Waals surface area contributed by atoms with Crippen molar-refractivity contribution < 1.29 is 13.2 Å². The van der Waals surface area contributed by atoms with Crippen molar-refractivity contribution in [2.24, 2.45) is 0 Å². The van der Waals surface area contributed by atoms with Gasteiger partial charge < -0.3 is 5.32 Å². The van der Waals surface area contributed by atoms with E-state index in [1.165, 1.54) is 0 Å². The van der Waals surface area contributed by atoms with E-state index in [2.05, 4.69) is 20.3 Å². The molecular formula is C14H13F3N4. The molecule has 0 aromatic carbocycles.